The highest BCUT2D eigenvalue weighted by molar-refractivity contribution is 6.03. The fourth-order valence-corrected chi connectivity index (χ4v) is 2.57. The Kier molecular flexibility index (Phi) is 5.70. The summed E-state index contributed by atoms with van der Waals surface area (Å²) in [6, 6.07) is 19.8. The van der Waals surface area contributed by atoms with Crippen LogP contribution in [0.25, 0.3) is 0 Å². The van der Waals surface area contributed by atoms with Crippen LogP contribution in [0.4, 0.5) is 5.69 Å². The predicted octanol–water partition coefficient (Wildman–Crippen LogP) is 4.71. The maximum atomic E-state index is 12.3. The van der Waals surface area contributed by atoms with Gasteiger partial charge >= 0.3 is 0 Å². The Balaban J connectivity index is 1.66. The molecule has 27 heavy (non-hydrogen) atoms. The Morgan fingerprint density at radius 3 is 2.74 bits per heavy atom. The molecule has 0 fully saturated rings. The number of nitrogens with one attached hydrogen (secondary N) is 1. The SMILES string of the molecule is C=CCc1ccccc1OCc1ccc(C(=O)Nc2ccccc2C#N)o1. The fourth-order valence-electron chi connectivity index (χ4n) is 2.57. The Bertz CT molecular complexity index is 999. The summed E-state index contributed by atoms with van der Waals surface area (Å²) in [5.41, 5.74) is 1.86. The van der Waals surface area contributed by atoms with Crippen LogP contribution in [0.5, 0.6) is 5.75 Å². The lowest BCUT2D eigenvalue weighted by molar-refractivity contribution is 0.0992. The number of nitriles is 1. The highest BCUT2D eigenvalue weighted by Gasteiger charge is 2.14. The third-order valence-corrected chi connectivity index (χ3v) is 3.89. The van der Waals surface area contributed by atoms with Crippen molar-refractivity contribution in [2.24, 2.45) is 0 Å². The molecule has 0 atom stereocenters. The molecule has 134 valence electrons. The molecular formula is C22H18N2O3. The molecule has 5 heteroatoms. The van der Waals surface area contributed by atoms with Gasteiger partial charge in [-0.25, -0.2) is 0 Å². The molecule has 2 aromatic carbocycles. The summed E-state index contributed by atoms with van der Waals surface area (Å²) in [6.45, 7) is 3.95. The van der Waals surface area contributed by atoms with Crippen molar-refractivity contribution in [2.45, 2.75) is 13.0 Å². The van der Waals surface area contributed by atoms with Crippen molar-refractivity contribution in [3.05, 3.63) is 96.0 Å². The van der Waals surface area contributed by atoms with Crippen LogP contribution in [-0.4, -0.2) is 5.91 Å². The fraction of sp³-hybridized carbons (Fsp3) is 0.0909. The molecule has 1 amide bonds. The van der Waals surface area contributed by atoms with Gasteiger partial charge < -0.3 is 14.5 Å². The van der Waals surface area contributed by atoms with Crippen LogP contribution in [0.15, 0.2) is 77.7 Å². The summed E-state index contributed by atoms with van der Waals surface area (Å²) >= 11 is 0. The Morgan fingerprint density at radius 2 is 1.93 bits per heavy atom. The summed E-state index contributed by atoms with van der Waals surface area (Å²) in [6.07, 6.45) is 2.52. The van der Waals surface area contributed by atoms with E-state index in [1.54, 1.807) is 36.4 Å². The zero-order valence-electron chi connectivity index (χ0n) is 14.6. The molecule has 3 aromatic rings. The topological polar surface area (TPSA) is 75.3 Å². The van der Waals surface area contributed by atoms with E-state index >= 15 is 0 Å². The number of carbonyl (C=O) groups is 1. The average molecular weight is 358 g/mol. The minimum atomic E-state index is -0.420. The van der Waals surface area contributed by atoms with Gasteiger partial charge in [0.25, 0.3) is 5.91 Å². The van der Waals surface area contributed by atoms with E-state index in [1.807, 2.05) is 36.4 Å². The second kappa shape index (κ2) is 8.54. The molecule has 0 bridgehead atoms. The number of ether oxygens (including phenoxy) is 1. The molecule has 0 aliphatic rings. The van der Waals surface area contributed by atoms with Crippen LogP contribution in [0.3, 0.4) is 0 Å². The van der Waals surface area contributed by atoms with E-state index in [4.69, 9.17) is 14.4 Å². The molecule has 0 unspecified atom stereocenters. The first-order valence-electron chi connectivity index (χ1n) is 8.42. The molecule has 1 N–H and O–H groups in total. The number of hydrogen-bond donors (Lipinski definition) is 1. The minimum absolute atomic E-state index is 0.153. The number of carbonyl (C=O) groups excluding carboxylic acids is 1. The van der Waals surface area contributed by atoms with Crippen LogP contribution in [0.2, 0.25) is 0 Å². The molecule has 1 aromatic heterocycles. The van der Waals surface area contributed by atoms with Crippen molar-refractivity contribution in [1.29, 1.82) is 5.26 Å². The van der Waals surface area contributed by atoms with E-state index < -0.39 is 5.91 Å². The number of allylic oxidation sites excluding steroid dienone is 1. The Labute approximate surface area is 157 Å². The molecule has 0 radical (unpaired) electrons. The first kappa shape index (κ1) is 18.0. The van der Waals surface area contributed by atoms with Gasteiger partial charge in [0.05, 0.1) is 11.3 Å². The highest BCUT2D eigenvalue weighted by atomic mass is 16.5. The number of nitrogens with zero attached hydrogens (tertiary/aromatic N) is 1. The molecule has 0 aliphatic carbocycles. The van der Waals surface area contributed by atoms with Gasteiger partial charge in [0, 0.05) is 0 Å². The summed E-state index contributed by atoms with van der Waals surface area (Å²) in [4.78, 5) is 12.3. The monoisotopic (exact) mass is 358 g/mol. The van der Waals surface area contributed by atoms with Crippen molar-refractivity contribution in [1.82, 2.24) is 0 Å². The third-order valence-electron chi connectivity index (χ3n) is 3.89. The van der Waals surface area contributed by atoms with Crippen LogP contribution in [-0.2, 0) is 13.0 Å². The van der Waals surface area contributed by atoms with Gasteiger partial charge in [0.15, 0.2) is 5.76 Å². The van der Waals surface area contributed by atoms with Gasteiger partial charge in [0.2, 0.25) is 0 Å². The summed E-state index contributed by atoms with van der Waals surface area (Å²) in [5, 5.41) is 11.8. The first-order chi connectivity index (χ1) is 13.2. The lowest BCUT2D eigenvalue weighted by Crippen LogP contribution is -2.11. The van der Waals surface area contributed by atoms with Gasteiger partial charge in [-0.3, -0.25) is 4.79 Å². The molecule has 3 rings (SSSR count). The summed E-state index contributed by atoms with van der Waals surface area (Å²) in [7, 11) is 0. The number of amides is 1. The van der Waals surface area contributed by atoms with Gasteiger partial charge in [-0.05, 0) is 42.3 Å². The van der Waals surface area contributed by atoms with Crippen molar-refractivity contribution in [3.63, 3.8) is 0 Å². The molecular weight excluding hydrogens is 340 g/mol. The zero-order chi connectivity index (χ0) is 19.1. The smallest absolute Gasteiger partial charge is 0.291 e. The third kappa shape index (κ3) is 4.44. The molecule has 0 saturated carbocycles. The number of benzene rings is 2. The number of para-hydroxylation sites is 2. The molecule has 5 nitrogen and oxygen atoms in total. The van der Waals surface area contributed by atoms with Crippen LogP contribution in [0.1, 0.15) is 27.4 Å². The second-order valence-corrected chi connectivity index (χ2v) is 5.77. The Morgan fingerprint density at radius 1 is 1.15 bits per heavy atom. The number of anilines is 1. The van der Waals surface area contributed by atoms with Gasteiger partial charge in [-0.2, -0.15) is 5.26 Å². The molecule has 0 spiro atoms. The zero-order valence-corrected chi connectivity index (χ0v) is 14.6. The van der Waals surface area contributed by atoms with Crippen molar-refractivity contribution < 1.29 is 13.9 Å². The maximum absolute atomic E-state index is 12.3. The molecule has 1 heterocycles. The van der Waals surface area contributed by atoms with Crippen LogP contribution >= 0.6 is 0 Å². The lowest BCUT2D eigenvalue weighted by Gasteiger charge is -2.09. The van der Waals surface area contributed by atoms with Crippen molar-refractivity contribution in [2.75, 3.05) is 5.32 Å². The normalized spacial score (nSPS) is 10.0. The largest absolute Gasteiger partial charge is 0.485 e. The van der Waals surface area contributed by atoms with E-state index in [0.29, 0.717) is 23.4 Å². The van der Waals surface area contributed by atoms with E-state index in [0.717, 1.165) is 11.3 Å². The van der Waals surface area contributed by atoms with E-state index in [1.165, 1.54) is 0 Å². The molecule has 0 aliphatic heterocycles. The van der Waals surface area contributed by atoms with E-state index in [9.17, 15) is 4.79 Å². The predicted molar refractivity (Wildman–Crippen MR) is 102 cm³/mol. The quantitative estimate of drug-likeness (QED) is 0.621. The summed E-state index contributed by atoms with van der Waals surface area (Å²) < 4.78 is 11.4. The number of hydrogen-bond acceptors (Lipinski definition) is 4. The second-order valence-electron chi connectivity index (χ2n) is 5.77. The number of furan rings is 1. The standard InChI is InChI=1S/C22H18N2O3/c1-2-7-16-8-4-6-11-20(16)26-15-18-12-13-21(27-18)22(25)24-19-10-5-3-9-17(19)14-23/h2-6,8-13H,1,7,15H2,(H,24,25). The maximum Gasteiger partial charge on any atom is 0.291 e. The highest BCUT2D eigenvalue weighted by Crippen LogP contribution is 2.21. The van der Waals surface area contributed by atoms with Gasteiger partial charge in [0.1, 0.15) is 24.2 Å². The van der Waals surface area contributed by atoms with Crippen molar-refractivity contribution in [3.8, 4) is 11.8 Å². The number of rotatable bonds is 7. The Hall–Kier alpha value is -3.78. The lowest BCUT2D eigenvalue weighted by atomic mass is 10.1. The van der Waals surface area contributed by atoms with Gasteiger partial charge in [-0.1, -0.05) is 36.4 Å². The minimum Gasteiger partial charge on any atom is -0.485 e. The average Bonchev–Trinajstić information content (AvgIpc) is 3.17. The van der Waals surface area contributed by atoms with Crippen LogP contribution < -0.4 is 10.1 Å². The van der Waals surface area contributed by atoms with E-state index in [2.05, 4.69) is 11.9 Å². The van der Waals surface area contributed by atoms with Crippen LogP contribution in [0, 0.1) is 11.3 Å². The molecule has 0 saturated heterocycles. The van der Waals surface area contributed by atoms with Gasteiger partial charge in [-0.15, -0.1) is 6.58 Å². The van der Waals surface area contributed by atoms with E-state index in [-0.39, 0.29) is 12.4 Å². The van der Waals surface area contributed by atoms with Crippen molar-refractivity contribution >= 4 is 11.6 Å². The first-order valence-corrected chi connectivity index (χ1v) is 8.42. The summed E-state index contributed by atoms with van der Waals surface area (Å²) in [5.74, 6) is 1.02.